The van der Waals surface area contributed by atoms with Crippen LogP contribution in [-0.4, -0.2) is 52.5 Å². The summed E-state index contributed by atoms with van der Waals surface area (Å²) in [6.07, 6.45) is 0. The number of fused-ring (bicyclic) bond motifs is 1. The number of rotatable bonds is 3. The summed E-state index contributed by atoms with van der Waals surface area (Å²) in [6, 6.07) is 4.99. The van der Waals surface area contributed by atoms with Gasteiger partial charge in [-0.05, 0) is 18.2 Å². The molecule has 3 rings (SSSR count). The lowest BCUT2D eigenvalue weighted by Gasteiger charge is -2.25. The Bertz CT molecular complexity index is 602. The minimum absolute atomic E-state index is 0.289. The molecule has 1 aromatic heterocycles. The number of aromatic nitrogens is 2. The molecule has 1 fully saturated rings. The number of ether oxygens (including phenoxy) is 1. The number of hydrogen-bond acceptors (Lipinski definition) is 4. The van der Waals surface area contributed by atoms with E-state index in [0.29, 0.717) is 0 Å². The lowest BCUT2D eigenvalue weighted by Crippen LogP contribution is -2.35. The summed E-state index contributed by atoms with van der Waals surface area (Å²) in [5.41, 5.74) is 2.05. The molecule has 0 saturated carbocycles. The van der Waals surface area contributed by atoms with Crippen molar-refractivity contribution in [2.45, 2.75) is 6.54 Å². The number of nitrogens with one attached hydrogen (secondary N) is 1. The van der Waals surface area contributed by atoms with Gasteiger partial charge in [-0.2, -0.15) is 5.10 Å². The molecule has 0 aliphatic carbocycles. The Labute approximate surface area is 110 Å². The molecule has 19 heavy (non-hydrogen) atoms. The number of hydrogen-bond donors (Lipinski definition) is 2. The Morgan fingerprint density at radius 3 is 2.95 bits per heavy atom. The largest absolute Gasteiger partial charge is 0.478 e. The van der Waals surface area contributed by atoms with Crippen LogP contribution in [-0.2, 0) is 11.3 Å². The van der Waals surface area contributed by atoms with Crippen molar-refractivity contribution in [3.8, 4) is 0 Å². The molecule has 1 aromatic carbocycles. The molecule has 6 heteroatoms. The van der Waals surface area contributed by atoms with Crippen LogP contribution >= 0.6 is 0 Å². The van der Waals surface area contributed by atoms with Gasteiger partial charge in [-0.1, -0.05) is 0 Å². The first-order valence-corrected chi connectivity index (χ1v) is 6.24. The van der Waals surface area contributed by atoms with Crippen molar-refractivity contribution in [3.05, 3.63) is 29.5 Å². The highest BCUT2D eigenvalue weighted by molar-refractivity contribution is 5.94. The van der Waals surface area contributed by atoms with Crippen LogP contribution in [0.3, 0.4) is 0 Å². The van der Waals surface area contributed by atoms with Gasteiger partial charge in [0.25, 0.3) is 0 Å². The number of aromatic carboxylic acids is 1. The Kier molecular flexibility index (Phi) is 3.18. The molecule has 2 heterocycles. The minimum Gasteiger partial charge on any atom is -0.478 e. The summed E-state index contributed by atoms with van der Waals surface area (Å²) in [6.45, 7) is 4.00. The van der Waals surface area contributed by atoms with Crippen LogP contribution in [0.1, 0.15) is 16.1 Å². The number of H-pyrrole nitrogens is 1. The molecule has 0 radical (unpaired) electrons. The maximum absolute atomic E-state index is 11.0. The normalized spacial score (nSPS) is 16.8. The summed E-state index contributed by atoms with van der Waals surface area (Å²) in [7, 11) is 0. The fourth-order valence-electron chi connectivity index (χ4n) is 2.30. The second kappa shape index (κ2) is 4.99. The molecule has 0 unspecified atom stereocenters. The van der Waals surface area contributed by atoms with E-state index in [1.54, 1.807) is 18.2 Å². The van der Waals surface area contributed by atoms with Gasteiger partial charge in [0.1, 0.15) is 0 Å². The van der Waals surface area contributed by atoms with Gasteiger partial charge in [-0.3, -0.25) is 10.00 Å². The highest BCUT2D eigenvalue weighted by Crippen LogP contribution is 2.19. The third-order valence-electron chi connectivity index (χ3n) is 3.37. The van der Waals surface area contributed by atoms with Crippen molar-refractivity contribution in [2.24, 2.45) is 0 Å². The van der Waals surface area contributed by atoms with Crippen molar-refractivity contribution in [1.29, 1.82) is 0 Å². The first-order valence-electron chi connectivity index (χ1n) is 6.24. The summed E-state index contributed by atoms with van der Waals surface area (Å²) in [5, 5.41) is 17.1. The number of aromatic amines is 1. The Morgan fingerprint density at radius 2 is 2.21 bits per heavy atom. The zero-order valence-electron chi connectivity index (χ0n) is 10.4. The Morgan fingerprint density at radius 1 is 1.42 bits per heavy atom. The third kappa shape index (κ3) is 2.45. The van der Waals surface area contributed by atoms with Gasteiger partial charge in [0.15, 0.2) is 0 Å². The van der Waals surface area contributed by atoms with E-state index >= 15 is 0 Å². The van der Waals surface area contributed by atoms with Crippen molar-refractivity contribution in [2.75, 3.05) is 26.3 Å². The highest BCUT2D eigenvalue weighted by atomic mass is 16.5. The zero-order valence-corrected chi connectivity index (χ0v) is 10.4. The summed E-state index contributed by atoms with van der Waals surface area (Å²) in [5.74, 6) is -0.916. The summed E-state index contributed by atoms with van der Waals surface area (Å²) >= 11 is 0. The molecule has 6 nitrogen and oxygen atoms in total. The van der Waals surface area contributed by atoms with E-state index in [0.717, 1.165) is 49.4 Å². The standard InChI is InChI=1S/C13H15N3O3/c17-13(18)9-1-2-11-10(7-9)12(15-14-11)8-16-3-5-19-6-4-16/h1-2,7H,3-6,8H2,(H,14,15)(H,17,18). The SMILES string of the molecule is O=C(O)c1ccc2n[nH]c(CN3CCOCC3)c2c1. The van der Waals surface area contributed by atoms with E-state index < -0.39 is 5.97 Å². The lowest BCUT2D eigenvalue weighted by molar-refractivity contribution is 0.0338. The van der Waals surface area contributed by atoms with E-state index in [2.05, 4.69) is 15.1 Å². The molecular formula is C13H15N3O3. The maximum atomic E-state index is 11.0. The van der Waals surface area contributed by atoms with Gasteiger partial charge in [0.05, 0.1) is 30.0 Å². The van der Waals surface area contributed by atoms with Crippen LogP contribution < -0.4 is 0 Å². The molecule has 2 N–H and O–H groups in total. The quantitative estimate of drug-likeness (QED) is 0.864. The van der Waals surface area contributed by atoms with E-state index in [1.165, 1.54) is 0 Å². The molecule has 0 atom stereocenters. The van der Waals surface area contributed by atoms with Crippen molar-refractivity contribution >= 4 is 16.9 Å². The van der Waals surface area contributed by atoms with Crippen LogP contribution in [0.5, 0.6) is 0 Å². The van der Waals surface area contributed by atoms with Crippen LogP contribution in [0, 0.1) is 0 Å². The topological polar surface area (TPSA) is 78.4 Å². The van der Waals surface area contributed by atoms with Gasteiger partial charge in [0.2, 0.25) is 0 Å². The molecule has 0 bridgehead atoms. The number of nitrogens with zero attached hydrogens (tertiary/aromatic N) is 2. The number of morpholine rings is 1. The number of carbonyl (C=O) groups is 1. The average Bonchev–Trinajstić information content (AvgIpc) is 2.82. The van der Waals surface area contributed by atoms with E-state index in [-0.39, 0.29) is 5.56 Å². The number of carboxylic acid groups (broad SMARTS) is 1. The molecular weight excluding hydrogens is 246 g/mol. The maximum Gasteiger partial charge on any atom is 0.335 e. The second-order valence-corrected chi connectivity index (χ2v) is 4.63. The third-order valence-corrected chi connectivity index (χ3v) is 3.37. The van der Waals surface area contributed by atoms with Crippen LogP contribution in [0.25, 0.3) is 10.9 Å². The van der Waals surface area contributed by atoms with Crippen LogP contribution in [0.15, 0.2) is 18.2 Å². The van der Waals surface area contributed by atoms with Crippen LogP contribution in [0.2, 0.25) is 0 Å². The molecule has 2 aromatic rings. The van der Waals surface area contributed by atoms with Crippen molar-refractivity contribution in [1.82, 2.24) is 15.1 Å². The summed E-state index contributed by atoms with van der Waals surface area (Å²) < 4.78 is 5.31. The van der Waals surface area contributed by atoms with Gasteiger partial charge < -0.3 is 9.84 Å². The van der Waals surface area contributed by atoms with Crippen LogP contribution in [0.4, 0.5) is 0 Å². The fourth-order valence-corrected chi connectivity index (χ4v) is 2.30. The van der Waals surface area contributed by atoms with E-state index in [9.17, 15) is 4.79 Å². The van der Waals surface area contributed by atoms with Crippen molar-refractivity contribution < 1.29 is 14.6 Å². The number of carboxylic acids is 1. The Balaban J connectivity index is 1.89. The predicted molar refractivity (Wildman–Crippen MR) is 69.1 cm³/mol. The van der Waals surface area contributed by atoms with E-state index in [4.69, 9.17) is 9.84 Å². The van der Waals surface area contributed by atoms with Gasteiger partial charge >= 0.3 is 5.97 Å². The minimum atomic E-state index is -0.916. The average molecular weight is 261 g/mol. The molecule has 0 spiro atoms. The fraction of sp³-hybridized carbons (Fsp3) is 0.385. The summed E-state index contributed by atoms with van der Waals surface area (Å²) in [4.78, 5) is 13.3. The molecule has 1 saturated heterocycles. The van der Waals surface area contributed by atoms with Crippen molar-refractivity contribution in [3.63, 3.8) is 0 Å². The van der Waals surface area contributed by atoms with Gasteiger partial charge in [0, 0.05) is 25.0 Å². The first-order chi connectivity index (χ1) is 9.24. The highest BCUT2D eigenvalue weighted by Gasteiger charge is 2.15. The van der Waals surface area contributed by atoms with Gasteiger partial charge in [-0.25, -0.2) is 4.79 Å². The second-order valence-electron chi connectivity index (χ2n) is 4.63. The molecule has 0 amide bonds. The first kappa shape index (κ1) is 12.1. The zero-order chi connectivity index (χ0) is 13.2. The lowest BCUT2D eigenvalue weighted by atomic mass is 10.1. The number of benzene rings is 1. The predicted octanol–water partition coefficient (Wildman–Crippen LogP) is 1.09. The van der Waals surface area contributed by atoms with E-state index in [1.807, 2.05) is 0 Å². The monoisotopic (exact) mass is 261 g/mol. The van der Waals surface area contributed by atoms with Gasteiger partial charge in [-0.15, -0.1) is 0 Å². The smallest absolute Gasteiger partial charge is 0.335 e. The molecule has 100 valence electrons. The molecule has 1 aliphatic rings. The molecule has 1 aliphatic heterocycles. The Hall–Kier alpha value is -1.92.